The molecule has 2 fully saturated rings. The van der Waals surface area contributed by atoms with Gasteiger partial charge < -0.3 is 20.5 Å². The number of carbonyl (C=O) groups is 5. The normalized spacial score (nSPS) is 20.8. The van der Waals surface area contributed by atoms with E-state index >= 15 is 0 Å². The highest BCUT2D eigenvalue weighted by Crippen LogP contribution is 2.30. The van der Waals surface area contributed by atoms with Gasteiger partial charge in [0.1, 0.15) is 17.5 Å². The molecule has 1 aliphatic heterocycles. The quantitative estimate of drug-likeness (QED) is 0.240. The van der Waals surface area contributed by atoms with Crippen LogP contribution in [0.15, 0.2) is 73.3 Å². The third kappa shape index (κ3) is 6.51. The lowest BCUT2D eigenvalue weighted by molar-refractivity contribution is -0.141. The van der Waals surface area contributed by atoms with Gasteiger partial charge >= 0.3 is 0 Å². The fourth-order valence-corrected chi connectivity index (χ4v) is 6.09. The van der Waals surface area contributed by atoms with E-state index in [9.17, 15) is 24.0 Å². The van der Waals surface area contributed by atoms with Crippen LogP contribution in [0.3, 0.4) is 0 Å². The second-order valence-corrected chi connectivity index (χ2v) is 11.3. The standard InChI is InChI=1S/C33H36N4O5/c1-2-9-22-16-28(37(20-22)33(42)27-17-23-12-6-7-14-25(23)35-27)31(40)36-26(18-24-13-8-15-29(24)38)30(39)32(41)34-19-21-10-4-3-5-11-21/h2-7,10-12,14,17,22,24,26,28,35H,1,8-9,13,15-16,18-20H2,(H,34,41)(H,36,40). The van der Waals surface area contributed by atoms with Gasteiger partial charge in [0.25, 0.3) is 11.8 Å². The number of hydrogen-bond donors (Lipinski definition) is 3. The van der Waals surface area contributed by atoms with Gasteiger partial charge in [-0.2, -0.15) is 0 Å². The molecule has 1 saturated heterocycles. The number of Topliss-reactive ketones (excluding diaryl/α,β-unsaturated/α-hetero) is 2. The van der Waals surface area contributed by atoms with Gasteiger partial charge in [-0.25, -0.2) is 0 Å². The average Bonchev–Trinajstić information content (AvgIpc) is 3.74. The first kappa shape index (κ1) is 29.0. The highest BCUT2D eigenvalue weighted by molar-refractivity contribution is 6.38. The molecule has 4 unspecified atom stereocenters. The first-order chi connectivity index (χ1) is 20.3. The summed E-state index contributed by atoms with van der Waals surface area (Å²) in [5.41, 5.74) is 2.02. The van der Waals surface area contributed by atoms with Gasteiger partial charge in [0, 0.05) is 36.3 Å². The van der Waals surface area contributed by atoms with Crippen LogP contribution in [0.2, 0.25) is 0 Å². The molecule has 0 spiro atoms. The second kappa shape index (κ2) is 13.0. The van der Waals surface area contributed by atoms with Gasteiger partial charge in [0.05, 0.1) is 6.04 Å². The van der Waals surface area contributed by atoms with E-state index in [1.165, 1.54) is 4.90 Å². The molecule has 4 atom stereocenters. The van der Waals surface area contributed by atoms with Gasteiger partial charge in [-0.3, -0.25) is 24.0 Å². The molecule has 2 heterocycles. The Morgan fingerprint density at radius 2 is 1.83 bits per heavy atom. The van der Waals surface area contributed by atoms with E-state index in [2.05, 4.69) is 22.2 Å². The molecule has 3 N–H and O–H groups in total. The number of para-hydroxylation sites is 1. The SMILES string of the molecule is C=CCC1CC(C(=O)NC(CC2CCCC2=O)C(=O)C(=O)NCc2ccccc2)N(C(=O)c2cc3ccccc3[nH]2)C1. The molecule has 3 aromatic rings. The van der Waals surface area contributed by atoms with Crippen LogP contribution in [-0.2, 0) is 25.7 Å². The Labute approximate surface area is 244 Å². The highest BCUT2D eigenvalue weighted by Gasteiger charge is 2.42. The Balaban J connectivity index is 1.34. The number of nitrogens with zero attached hydrogens (tertiary/aromatic N) is 1. The molecule has 9 heteroatoms. The predicted molar refractivity (Wildman–Crippen MR) is 158 cm³/mol. The Hall–Kier alpha value is -4.53. The first-order valence-electron chi connectivity index (χ1n) is 14.5. The van der Waals surface area contributed by atoms with Crippen LogP contribution in [0, 0.1) is 11.8 Å². The zero-order valence-electron chi connectivity index (χ0n) is 23.5. The maximum Gasteiger partial charge on any atom is 0.289 e. The van der Waals surface area contributed by atoms with Crippen LogP contribution in [-0.4, -0.2) is 57.8 Å². The fourth-order valence-electron chi connectivity index (χ4n) is 6.09. The molecule has 42 heavy (non-hydrogen) atoms. The topological polar surface area (TPSA) is 128 Å². The van der Waals surface area contributed by atoms with Gasteiger partial charge in [-0.1, -0.05) is 54.6 Å². The maximum absolute atomic E-state index is 13.8. The average molecular weight is 569 g/mol. The van der Waals surface area contributed by atoms with E-state index in [0.29, 0.717) is 37.9 Å². The molecule has 1 aliphatic carbocycles. The Kier molecular flexibility index (Phi) is 8.95. The Morgan fingerprint density at radius 3 is 2.55 bits per heavy atom. The van der Waals surface area contributed by atoms with Crippen molar-refractivity contribution in [1.29, 1.82) is 0 Å². The van der Waals surface area contributed by atoms with E-state index in [1.54, 1.807) is 12.1 Å². The molecule has 2 aliphatic rings. The molecule has 0 radical (unpaired) electrons. The van der Waals surface area contributed by atoms with Gasteiger partial charge in [-0.05, 0) is 55.7 Å². The number of amides is 3. The van der Waals surface area contributed by atoms with E-state index in [0.717, 1.165) is 22.9 Å². The number of carbonyl (C=O) groups excluding carboxylic acids is 5. The van der Waals surface area contributed by atoms with Crippen LogP contribution in [0.25, 0.3) is 10.9 Å². The summed E-state index contributed by atoms with van der Waals surface area (Å²) in [5.74, 6) is -2.79. The number of likely N-dealkylation sites (tertiary alicyclic amines) is 1. The van der Waals surface area contributed by atoms with Crippen molar-refractivity contribution in [3.8, 4) is 0 Å². The lowest BCUT2D eigenvalue weighted by Gasteiger charge is -2.26. The largest absolute Gasteiger partial charge is 0.351 e. The van der Waals surface area contributed by atoms with Crippen molar-refractivity contribution in [3.05, 3.63) is 84.6 Å². The molecule has 9 nitrogen and oxygen atoms in total. The highest BCUT2D eigenvalue weighted by atomic mass is 16.2. The van der Waals surface area contributed by atoms with E-state index in [1.807, 2.05) is 54.6 Å². The van der Waals surface area contributed by atoms with Crippen molar-refractivity contribution in [2.75, 3.05) is 6.54 Å². The number of rotatable bonds is 11. The van der Waals surface area contributed by atoms with Crippen LogP contribution in [0.5, 0.6) is 0 Å². The molecule has 1 saturated carbocycles. The van der Waals surface area contributed by atoms with E-state index in [4.69, 9.17) is 0 Å². The summed E-state index contributed by atoms with van der Waals surface area (Å²) in [6.07, 6.45) is 4.61. The molecule has 218 valence electrons. The number of fused-ring (bicyclic) bond motifs is 1. The Bertz CT molecular complexity index is 1460. The lowest BCUT2D eigenvalue weighted by atomic mass is 9.94. The number of aromatic nitrogens is 1. The van der Waals surface area contributed by atoms with E-state index < -0.39 is 35.6 Å². The number of hydrogen-bond acceptors (Lipinski definition) is 5. The summed E-state index contributed by atoms with van der Waals surface area (Å²) < 4.78 is 0. The van der Waals surface area contributed by atoms with Crippen molar-refractivity contribution in [1.82, 2.24) is 20.5 Å². The molecule has 2 aromatic carbocycles. The summed E-state index contributed by atoms with van der Waals surface area (Å²) in [7, 11) is 0. The van der Waals surface area contributed by atoms with E-state index in [-0.39, 0.29) is 30.6 Å². The molecule has 3 amide bonds. The number of benzene rings is 2. The molecule has 1 aromatic heterocycles. The van der Waals surface area contributed by atoms with Crippen LogP contribution >= 0.6 is 0 Å². The summed E-state index contributed by atoms with van der Waals surface area (Å²) in [4.78, 5) is 70.9. The van der Waals surface area contributed by atoms with Crippen molar-refractivity contribution >= 4 is 40.2 Å². The van der Waals surface area contributed by atoms with Crippen molar-refractivity contribution in [2.24, 2.45) is 11.8 Å². The second-order valence-electron chi connectivity index (χ2n) is 11.3. The minimum atomic E-state index is -1.18. The van der Waals surface area contributed by atoms with Crippen LogP contribution in [0.4, 0.5) is 0 Å². The molecule has 5 rings (SSSR count). The predicted octanol–water partition coefficient (Wildman–Crippen LogP) is 3.70. The summed E-state index contributed by atoms with van der Waals surface area (Å²) >= 11 is 0. The Morgan fingerprint density at radius 1 is 1.07 bits per heavy atom. The minimum Gasteiger partial charge on any atom is -0.351 e. The van der Waals surface area contributed by atoms with Crippen LogP contribution in [0.1, 0.15) is 54.6 Å². The maximum atomic E-state index is 13.8. The van der Waals surface area contributed by atoms with Crippen LogP contribution < -0.4 is 10.6 Å². The molecular weight excluding hydrogens is 532 g/mol. The summed E-state index contributed by atoms with van der Waals surface area (Å²) in [5, 5.41) is 6.30. The van der Waals surface area contributed by atoms with Crippen molar-refractivity contribution in [3.63, 3.8) is 0 Å². The van der Waals surface area contributed by atoms with Gasteiger partial charge in [0.2, 0.25) is 11.7 Å². The summed E-state index contributed by atoms with van der Waals surface area (Å²) in [6, 6.07) is 16.5. The first-order valence-corrected chi connectivity index (χ1v) is 14.5. The van der Waals surface area contributed by atoms with Crippen molar-refractivity contribution in [2.45, 2.75) is 57.2 Å². The van der Waals surface area contributed by atoms with Gasteiger partial charge in [-0.15, -0.1) is 6.58 Å². The zero-order valence-corrected chi connectivity index (χ0v) is 23.5. The van der Waals surface area contributed by atoms with Crippen molar-refractivity contribution < 1.29 is 24.0 Å². The third-order valence-corrected chi connectivity index (χ3v) is 8.32. The molecule has 0 bridgehead atoms. The van der Waals surface area contributed by atoms with Gasteiger partial charge in [0.15, 0.2) is 0 Å². The third-order valence-electron chi connectivity index (χ3n) is 8.32. The fraction of sp³-hybridized carbons (Fsp3) is 0.364. The monoisotopic (exact) mass is 568 g/mol. The number of allylic oxidation sites excluding steroid dienone is 1. The lowest BCUT2D eigenvalue weighted by Crippen LogP contribution is -2.54. The number of ketones is 2. The number of H-pyrrole nitrogens is 1. The summed E-state index contributed by atoms with van der Waals surface area (Å²) in [6.45, 7) is 4.33. The number of nitrogens with one attached hydrogen (secondary N) is 3. The molecular formula is C33H36N4O5. The number of aromatic amines is 1. The smallest absolute Gasteiger partial charge is 0.289 e. The minimum absolute atomic E-state index is 0.0197. The zero-order chi connectivity index (χ0) is 29.6.